The fraction of sp³-hybridized carbons (Fsp3) is 0.222. The highest BCUT2D eigenvalue weighted by molar-refractivity contribution is 9.10. The lowest BCUT2D eigenvalue weighted by Crippen LogP contribution is -2.03. The van der Waals surface area contributed by atoms with Crippen LogP contribution in [0.25, 0.3) is 0 Å². The highest BCUT2D eigenvalue weighted by Crippen LogP contribution is 2.22. The molecule has 0 heterocycles. The predicted octanol–water partition coefficient (Wildman–Crippen LogP) is 2.52. The summed E-state index contributed by atoms with van der Waals surface area (Å²) in [5.74, 6) is -1.52. The van der Waals surface area contributed by atoms with E-state index in [2.05, 4.69) is 15.9 Å². The first-order valence-corrected chi connectivity index (χ1v) is 4.46. The van der Waals surface area contributed by atoms with Crippen LogP contribution in [0.4, 0.5) is 4.39 Å². The molecule has 13 heavy (non-hydrogen) atoms. The van der Waals surface area contributed by atoms with Gasteiger partial charge in [0.15, 0.2) is 0 Å². The van der Waals surface area contributed by atoms with Crippen LogP contribution in [0, 0.1) is 12.7 Å². The molecule has 0 aliphatic rings. The van der Waals surface area contributed by atoms with Crippen LogP contribution in [0.3, 0.4) is 0 Å². The Bertz CT molecular complexity index is 326. The average molecular weight is 247 g/mol. The second kappa shape index (κ2) is 3.87. The minimum Gasteiger partial charge on any atom is -0.481 e. The van der Waals surface area contributed by atoms with E-state index in [-0.39, 0.29) is 12.0 Å². The minimum atomic E-state index is -1.04. The van der Waals surface area contributed by atoms with E-state index in [1.54, 1.807) is 13.0 Å². The highest BCUT2D eigenvalue weighted by Gasteiger charge is 2.11. The Hall–Kier alpha value is -0.900. The van der Waals surface area contributed by atoms with Gasteiger partial charge in [-0.3, -0.25) is 4.79 Å². The van der Waals surface area contributed by atoms with Crippen LogP contribution in [0.1, 0.15) is 11.1 Å². The quantitative estimate of drug-likeness (QED) is 0.871. The van der Waals surface area contributed by atoms with Crippen LogP contribution in [0.15, 0.2) is 16.6 Å². The fourth-order valence-electron chi connectivity index (χ4n) is 1.05. The summed E-state index contributed by atoms with van der Waals surface area (Å²) in [6, 6.07) is 3.02. The summed E-state index contributed by atoms with van der Waals surface area (Å²) < 4.78 is 13.7. The molecule has 0 radical (unpaired) electrons. The van der Waals surface area contributed by atoms with Gasteiger partial charge in [0.2, 0.25) is 0 Å². The molecule has 0 unspecified atom stereocenters. The van der Waals surface area contributed by atoms with Crippen LogP contribution in [0.2, 0.25) is 0 Å². The Balaban J connectivity index is 3.13. The fourth-order valence-corrected chi connectivity index (χ4v) is 1.74. The number of carboxylic acid groups (broad SMARTS) is 1. The van der Waals surface area contributed by atoms with Gasteiger partial charge in [-0.05, 0) is 24.6 Å². The Kier molecular flexibility index (Phi) is 3.03. The molecule has 2 nitrogen and oxygen atoms in total. The molecule has 0 saturated heterocycles. The molecule has 70 valence electrons. The molecule has 1 aromatic carbocycles. The first kappa shape index (κ1) is 10.2. The van der Waals surface area contributed by atoms with Gasteiger partial charge in [-0.25, -0.2) is 4.39 Å². The lowest BCUT2D eigenvalue weighted by Gasteiger charge is -2.04. The number of carboxylic acids is 1. The van der Waals surface area contributed by atoms with Crippen molar-refractivity contribution in [1.29, 1.82) is 0 Å². The van der Waals surface area contributed by atoms with Crippen molar-refractivity contribution in [2.75, 3.05) is 0 Å². The van der Waals surface area contributed by atoms with E-state index in [0.717, 1.165) is 5.56 Å². The van der Waals surface area contributed by atoms with E-state index in [1.165, 1.54) is 6.07 Å². The zero-order chi connectivity index (χ0) is 10.0. The van der Waals surface area contributed by atoms with Crippen molar-refractivity contribution in [3.8, 4) is 0 Å². The van der Waals surface area contributed by atoms with Crippen molar-refractivity contribution in [2.24, 2.45) is 0 Å². The van der Waals surface area contributed by atoms with E-state index in [1.807, 2.05) is 0 Å². The number of rotatable bonds is 2. The molecule has 0 aromatic heterocycles. The Labute approximate surface area is 83.5 Å². The van der Waals surface area contributed by atoms with E-state index >= 15 is 0 Å². The standard InChI is InChI=1S/C9H8BrFO2/c1-5-2-7(10)6(4-9(12)13)8(11)3-5/h2-3H,4H2,1H3,(H,12,13). The van der Waals surface area contributed by atoms with Crippen molar-refractivity contribution >= 4 is 21.9 Å². The number of benzene rings is 1. The predicted molar refractivity (Wildman–Crippen MR) is 50.2 cm³/mol. The maximum Gasteiger partial charge on any atom is 0.307 e. The monoisotopic (exact) mass is 246 g/mol. The molecule has 0 fully saturated rings. The highest BCUT2D eigenvalue weighted by atomic mass is 79.9. The molecular weight excluding hydrogens is 239 g/mol. The number of carbonyl (C=O) groups is 1. The Morgan fingerprint density at radius 3 is 2.69 bits per heavy atom. The molecule has 0 atom stereocenters. The van der Waals surface area contributed by atoms with Crippen LogP contribution in [-0.4, -0.2) is 11.1 Å². The molecule has 1 N–H and O–H groups in total. The number of aliphatic carboxylic acids is 1. The number of hydrogen-bond donors (Lipinski definition) is 1. The lowest BCUT2D eigenvalue weighted by atomic mass is 10.1. The molecule has 1 aromatic rings. The molecule has 4 heteroatoms. The molecule has 0 spiro atoms. The Morgan fingerprint density at radius 1 is 1.62 bits per heavy atom. The maximum atomic E-state index is 13.2. The largest absolute Gasteiger partial charge is 0.481 e. The Morgan fingerprint density at radius 2 is 2.23 bits per heavy atom. The zero-order valence-corrected chi connectivity index (χ0v) is 8.56. The summed E-state index contributed by atoms with van der Waals surface area (Å²) >= 11 is 3.12. The number of halogens is 2. The zero-order valence-electron chi connectivity index (χ0n) is 6.97. The summed E-state index contributed by atoms with van der Waals surface area (Å²) in [7, 11) is 0. The summed E-state index contributed by atoms with van der Waals surface area (Å²) in [4.78, 5) is 10.4. The van der Waals surface area contributed by atoms with E-state index in [9.17, 15) is 9.18 Å². The van der Waals surface area contributed by atoms with Gasteiger partial charge in [0.1, 0.15) is 5.82 Å². The summed E-state index contributed by atoms with van der Waals surface area (Å²) in [6.07, 6.45) is -0.299. The van der Waals surface area contributed by atoms with Gasteiger partial charge >= 0.3 is 5.97 Å². The molecule has 1 rings (SSSR count). The van der Waals surface area contributed by atoms with Gasteiger partial charge < -0.3 is 5.11 Å². The topological polar surface area (TPSA) is 37.3 Å². The van der Waals surface area contributed by atoms with E-state index in [4.69, 9.17) is 5.11 Å². The van der Waals surface area contributed by atoms with Gasteiger partial charge in [-0.2, -0.15) is 0 Å². The van der Waals surface area contributed by atoms with Crippen molar-refractivity contribution in [2.45, 2.75) is 13.3 Å². The number of hydrogen-bond acceptors (Lipinski definition) is 1. The van der Waals surface area contributed by atoms with Gasteiger partial charge in [0, 0.05) is 10.0 Å². The maximum absolute atomic E-state index is 13.2. The van der Waals surface area contributed by atoms with Crippen LogP contribution in [0.5, 0.6) is 0 Å². The second-order valence-electron chi connectivity index (χ2n) is 2.78. The van der Waals surface area contributed by atoms with Crippen molar-refractivity contribution < 1.29 is 14.3 Å². The van der Waals surface area contributed by atoms with Gasteiger partial charge in [-0.15, -0.1) is 0 Å². The molecule has 0 bridgehead atoms. The van der Waals surface area contributed by atoms with Gasteiger partial charge in [-0.1, -0.05) is 15.9 Å². The van der Waals surface area contributed by atoms with Crippen molar-refractivity contribution in [3.63, 3.8) is 0 Å². The van der Waals surface area contributed by atoms with Gasteiger partial charge in [0.05, 0.1) is 6.42 Å². The SMILES string of the molecule is Cc1cc(F)c(CC(=O)O)c(Br)c1. The summed E-state index contributed by atoms with van der Waals surface area (Å²) in [5, 5.41) is 8.50. The summed E-state index contributed by atoms with van der Waals surface area (Å²) in [5.41, 5.74) is 0.955. The smallest absolute Gasteiger partial charge is 0.307 e. The van der Waals surface area contributed by atoms with Crippen molar-refractivity contribution in [1.82, 2.24) is 0 Å². The third-order valence-electron chi connectivity index (χ3n) is 1.61. The molecule has 0 aliphatic heterocycles. The molecule has 0 aliphatic carbocycles. The molecular formula is C9H8BrFO2. The average Bonchev–Trinajstić information content (AvgIpc) is 1.96. The van der Waals surface area contributed by atoms with Gasteiger partial charge in [0.25, 0.3) is 0 Å². The third kappa shape index (κ3) is 2.52. The lowest BCUT2D eigenvalue weighted by molar-refractivity contribution is -0.136. The van der Waals surface area contributed by atoms with Crippen LogP contribution < -0.4 is 0 Å². The van der Waals surface area contributed by atoms with E-state index < -0.39 is 11.8 Å². The van der Waals surface area contributed by atoms with Crippen LogP contribution in [-0.2, 0) is 11.2 Å². The minimum absolute atomic E-state index is 0.193. The first-order valence-electron chi connectivity index (χ1n) is 3.67. The third-order valence-corrected chi connectivity index (χ3v) is 2.32. The summed E-state index contributed by atoms with van der Waals surface area (Å²) in [6.45, 7) is 1.75. The normalized spacial score (nSPS) is 10.1. The second-order valence-corrected chi connectivity index (χ2v) is 3.63. The van der Waals surface area contributed by atoms with E-state index in [0.29, 0.717) is 4.47 Å². The van der Waals surface area contributed by atoms with Crippen LogP contribution >= 0.6 is 15.9 Å². The number of aryl methyl sites for hydroxylation is 1. The van der Waals surface area contributed by atoms with Crippen molar-refractivity contribution in [3.05, 3.63) is 33.5 Å². The first-order chi connectivity index (χ1) is 6.00. The molecule has 0 saturated carbocycles. The molecule has 0 amide bonds.